The lowest BCUT2D eigenvalue weighted by Crippen LogP contribution is -2.53. The number of amides is 2. The van der Waals surface area contributed by atoms with Crippen molar-refractivity contribution < 1.29 is 23.5 Å². The van der Waals surface area contributed by atoms with Gasteiger partial charge in [-0.2, -0.15) is 0 Å². The molecule has 2 rings (SSSR count). The van der Waals surface area contributed by atoms with Gasteiger partial charge in [0, 0.05) is 5.02 Å². The van der Waals surface area contributed by atoms with Crippen LogP contribution in [-0.2, 0) is 20.1 Å². The van der Waals surface area contributed by atoms with Crippen LogP contribution < -0.4 is 15.4 Å². The fourth-order valence-corrected chi connectivity index (χ4v) is 5.28. The molecular weight excluding hydrogens is 559 g/mol. The molecule has 0 radical (unpaired) electrons. The summed E-state index contributed by atoms with van der Waals surface area (Å²) in [7, 11) is 0. The summed E-state index contributed by atoms with van der Waals surface area (Å²) in [5.74, 6) is 0.853. The van der Waals surface area contributed by atoms with Crippen molar-refractivity contribution in [3.63, 3.8) is 0 Å². The zero-order chi connectivity index (χ0) is 27.4. The second-order valence-electron chi connectivity index (χ2n) is 8.98. The summed E-state index contributed by atoms with van der Waals surface area (Å²) < 4.78 is 10.8. The molecule has 0 aliphatic rings. The van der Waals surface area contributed by atoms with E-state index in [1.807, 2.05) is 26.8 Å². The molecule has 0 bridgehead atoms. The van der Waals surface area contributed by atoms with Crippen molar-refractivity contribution in [2.24, 2.45) is 5.92 Å². The van der Waals surface area contributed by atoms with Crippen molar-refractivity contribution in [1.82, 2.24) is 10.6 Å². The quantitative estimate of drug-likeness (QED) is 0.237. The van der Waals surface area contributed by atoms with Crippen molar-refractivity contribution in [2.45, 2.75) is 64.3 Å². The predicted octanol–water partition coefficient (Wildman–Crippen LogP) is 6.33. The number of ether oxygens (including phenoxy) is 1. The SMILES string of the molecule is CCCCC(NC(=O)C(CC(C)C)NC(=O)COc1c(Cl)cc(Cl)cc1Cl)C(=O)CSCc1ccco1. The monoisotopic (exact) mass is 590 g/mol. The first-order valence-electron chi connectivity index (χ1n) is 12.1. The summed E-state index contributed by atoms with van der Waals surface area (Å²) in [6, 6.07) is 5.10. The summed E-state index contributed by atoms with van der Waals surface area (Å²) in [5, 5.41) is 6.26. The van der Waals surface area contributed by atoms with Crippen molar-refractivity contribution >= 4 is 64.2 Å². The number of benzene rings is 1. The molecular formula is C26H33Cl3N2O5S. The molecule has 1 heterocycles. The second kappa shape index (κ2) is 16.2. The summed E-state index contributed by atoms with van der Waals surface area (Å²) >= 11 is 19.6. The highest BCUT2D eigenvalue weighted by Crippen LogP contribution is 2.35. The summed E-state index contributed by atoms with van der Waals surface area (Å²) in [6.45, 7) is 5.52. The lowest BCUT2D eigenvalue weighted by Gasteiger charge is -2.24. The number of carbonyl (C=O) groups excluding carboxylic acids is 3. The molecule has 0 spiro atoms. The van der Waals surface area contributed by atoms with Gasteiger partial charge in [0.25, 0.3) is 5.91 Å². The van der Waals surface area contributed by atoms with Crippen LogP contribution in [0, 0.1) is 5.92 Å². The molecule has 37 heavy (non-hydrogen) atoms. The van der Waals surface area contributed by atoms with Crippen LogP contribution in [0.25, 0.3) is 0 Å². The molecule has 1 aromatic heterocycles. The number of ketones is 1. The standard InChI is InChI=1S/C26H33Cl3N2O5S/c1-4-5-8-21(23(32)15-37-14-18-7-6-9-35-18)31-26(34)22(10-16(2)3)30-24(33)13-36-25-19(28)11-17(27)12-20(25)29/h6-7,9,11-12,16,21-22H,4-5,8,10,13-15H2,1-3H3,(H,30,33)(H,31,34). The van der Waals surface area contributed by atoms with Crippen molar-refractivity contribution in [3.8, 4) is 5.75 Å². The van der Waals surface area contributed by atoms with Gasteiger partial charge >= 0.3 is 0 Å². The highest BCUT2D eigenvalue weighted by Gasteiger charge is 2.27. The first-order valence-corrected chi connectivity index (χ1v) is 14.4. The van der Waals surface area contributed by atoms with Gasteiger partial charge in [-0.1, -0.05) is 68.4 Å². The molecule has 7 nitrogen and oxygen atoms in total. The Morgan fingerprint density at radius 3 is 2.38 bits per heavy atom. The van der Waals surface area contributed by atoms with Crippen LogP contribution in [-0.4, -0.2) is 42.0 Å². The molecule has 0 fully saturated rings. The highest BCUT2D eigenvalue weighted by atomic mass is 35.5. The van der Waals surface area contributed by atoms with E-state index >= 15 is 0 Å². The Balaban J connectivity index is 1.99. The number of hydrogen-bond acceptors (Lipinski definition) is 6. The van der Waals surface area contributed by atoms with Crippen molar-refractivity contribution in [1.29, 1.82) is 0 Å². The van der Waals surface area contributed by atoms with E-state index < -0.39 is 30.5 Å². The third kappa shape index (κ3) is 11.2. The number of hydrogen-bond donors (Lipinski definition) is 2. The average molecular weight is 592 g/mol. The van der Waals surface area contributed by atoms with Gasteiger partial charge in [0.2, 0.25) is 5.91 Å². The van der Waals surface area contributed by atoms with Gasteiger partial charge in [-0.3, -0.25) is 14.4 Å². The molecule has 1 aromatic carbocycles. The molecule has 0 saturated heterocycles. The van der Waals surface area contributed by atoms with E-state index in [-0.39, 0.29) is 33.2 Å². The van der Waals surface area contributed by atoms with Gasteiger partial charge in [-0.25, -0.2) is 0 Å². The fraction of sp³-hybridized carbons (Fsp3) is 0.500. The maximum Gasteiger partial charge on any atom is 0.258 e. The summed E-state index contributed by atoms with van der Waals surface area (Å²) in [5.41, 5.74) is 0. The Kier molecular flexibility index (Phi) is 13.7. The number of halogens is 3. The Hall–Kier alpha value is -1.87. The summed E-state index contributed by atoms with van der Waals surface area (Å²) in [6.07, 6.45) is 4.19. The number of furan rings is 1. The second-order valence-corrected chi connectivity index (χ2v) is 11.2. The largest absolute Gasteiger partial charge is 0.481 e. The van der Waals surface area contributed by atoms with E-state index in [2.05, 4.69) is 10.6 Å². The molecule has 0 saturated carbocycles. The van der Waals surface area contributed by atoms with Crippen LogP contribution in [0.3, 0.4) is 0 Å². The average Bonchev–Trinajstić information content (AvgIpc) is 3.33. The smallest absolute Gasteiger partial charge is 0.258 e. The van der Waals surface area contributed by atoms with Crippen LogP contribution in [0.1, 0.15) is 52.2 Å². The normalized spacial score (nSPS) is 12.7. The van der Waals surface area contributed by atoms with E-state index in [1.54, 1.807) is 12.3 Å². The number of thioether (sulfide) groups is 1. The van der Waals surface area contributed by atoms with Crippen molar-refractivity contribution in [3.05, 3.63) is 51.4 Å². The molecule has 2 N–H and O–H groups in total. The van der Waals surface area contributed by atoms with E-state index in [1.165, 1.54) is 23.9 Å². The Bertz CT molecular complexity index is 1010. The molecule has 2 amide bonds. The Morgan fingerprint density at radius 2 is 1.78 bits per heavy atom. The van der Waals surface area contributed by atoms with Gasteiger partial charge in [0.05, 0.1) is 33.9 Å². The lowest BCUT2D eigenvalue weighted by atomic mass is 10.0. The number of Topliss-reactive ketones (excluding diaryl/α,β-unsaturated/α-hetero) is 1. The van der Waals surface area contributed by atoms with E-state index in [0.29, 0.717) is 23.6 Å². The topological polar surface area (TPSA) is 97.6 Å². The molecule has 204 valence electrons. The van der Waals surface area contributed by atoms with Crippen LogP contribution in [0.2, 0.25) is 15.1 Å². The Labute approximate surface area is 237 Å². The third-order valence-corrected chi connectivity index (χ3v) is 7.05. The molecule has 0 aliphatic heterocycles. The minimum absolute atomic E-state index is 0.0664. The molecule has 2 unspecified atom stereocenters. The molecule has 2 atom stereocenters. The molecule has 2 aromatic rings. The van der Waals surface area contributed by atoms with E-state index in [9.17, 15) is 14.4 Å². The minimum atomic E-state index is -0.833. The number of unbranched alkanes of at least 4 members (excludes halogenated alkanes) is 1. The predicted molar refractivity (Wildman–Crippen MR) is 150 cm³/mol. The van der Waals surface area contributed by atoms with Gasteiger partial charge in [0.1, 0.15) is 11.8 Å². The molecule has 0 aliphatic carbocycles. The zero-order valence-electron chi connectivity index (χ0n) is 21.2. The van der Waals surface area contributed by atoms with Crippen LogP contribution in [0.5, 0.6) is 5.75 Å². The number of nitrogens with one attached hydrogen (secondary N) is 2. The van der Waals surface area contributed by atoms with Crippen LogP contribution in [0.15, 0.2) is 34.9 Å². The van der Waals surface area contributed by atoms with E-state index in [4.69, 9.17) is 44.0 Å². The van der Waals surface area contributed by atoms with Crippen LogP contribution >= 0.6 is 46.6 Å². The number of carbonyl (C=O) groups is 3. The van der Waals surface area contributed by atoms with Gasteiger partial charge in [0.15, 0.2) is 18.1 Å². The van der Waals surface area contributed by atoms with Gasteiger partial charge in [-0.05, 0) is 43.0 Å². The van der Waals surface area contributed by atoms with Gasteiger partial charge in [-0.15, -0.1) is 11.8 Å². The number of rotatable bonds is 16. The first-order chi connectivity index (χ1) is 17.6. The van der Waals surface area contributed by atoms with Crippen molar-refractivity contribution in [2.75, 3.05) is 12.4 Å². The molecule has 11 heteroatoms. The zero-order valence-corrected chi connectivity index (χ0v) is 24.2. The lowest BCUT2D eigenvalue weighted by molar-refractivity contribution is -0.132. The minimum Gasteiger partial charge on any atom is -0.481 e. The van der Waals surface area contributed by atoms with E-state index in [0.717, 1.165) is 18.6 Å². The third-order valence-electron chi connectivity index (χ3n) is 5.29. The summed E-state index contributed by atoms with van der Waals surface area (Å²) in [4.78, 5) is 38.7. The van der Waals surface area contributed by atoms with Crippen LogP contribution in [0.4, 0.5) is 0 Å². The maximum atomic E-state index is 13.2. The van der Waals surface area contributed by atoms with Gasteiger partial charge < -0.3 is 19.8 Å². The first kappa shape index (κ1) is 31.3. The fourth-order valence-electron chi connectivity index (χ4n) is 3.49. The highest BCUT2D eigenvalue weighted by molar-refractivity contribution is 7.99. The Morgan fingerprint density at radius 1 is 1.08 bits per heavy atom. The maximum absolute atomic E-state index is 13.2.